The van der Waals surface area contributed by atoms with Gasteiger partial charge in [-0.2, -0.15) is 0 Å². The lowest BCUT2D eigenvalue weighted by Gasteiger charge is -2.26. The summed E-state index contributed by atoms with van der Waals surface area (Å²) >= 11 is 5.55. The van der Waals surface area contributed by atoms with Gasteiger partial charge in [-0.3, -0.25) is 4.79 Å². The highest BCUT2D eigenvalue weighted by atomic mass is 35.5. The van der Waals surface area contributed by atoms with E-state index in [-0.39, 0.29) is 17.7 Å². The first-order valence-electron chi connectivity index (χ1n) is 7.40. The van der Waals surface area contributed by atoms with E-state index in [9.17, 15) is 9.18 Å². The molecule has 0 bridgehead atoms. The molecule has 2 rings (SSSR count). The standard InChI is InChI=1S/C17H19ClFN3O2/c1-11(2)24-17(21-20)13-3-4-14(15(19)9-13)12-5-7-22(8-6-12)16(23)10-18/h3-5,9H,1,6-8,10,20H2,2H3/b21-17-. The first kappa shape index (κ1) is 18.0. The maximum atomic E-state index is 14.5. The van der Waals surface area contributed by atoms with Crippen molar-refractivity contribution in [2.75, 3.05) is 19.0 Å². The van der Waals surface area contributed by atoms with Crippen molar-refractivity contribution in [1.29, 1.82) is 0 Å². The smallest absolute Gasteiger partial charge is 0.242 e. The Labute approximate surface area is 145 Å². The number of carbonyl (C=O) groups excluding carboxylic acids is 1. The minimum absolute atomic E-state index is 0.0455. The summed E-state index contributed by atoms with van der Waals surface area (Å²) in [7, 11) is 0. The van der Waals surface area contributed by atoms with Gasteiger partial charge in [0, 0.05) is 24.2 Å². The zero-order valence-corrected chi connectivity index (χ0v) is 14.1. The Balaban J connectivity index is 2.20. The summed E-state index contributed by atoms with van der Waals surface area (Å²) in [6.45, 7) is 6.20. The van der Waals surface area contributed by atoms with Crippen LogP contribution in [0.1, 0.15) is 24.5 Å². The van der Waals surface area contributed by atoms with Gasteiger partial charge in [-0.05, 0) is 31.1 Å². The lowest BCUT2D eigenvalue weighted by molar-refractivity contribution is -0.128. The summed E-state index contributed by atoms with van der Waals surface area (Å²) in [4.78, 5) is 13.2. The average Bonchev–Trinajstić information content (AvgIpc) is 2.59. The van der Waals surface area contributed by atoms with Crippen molar-refractivity contribution >= 4 is 29.0 Å². The van der Waals surface area contributed by atoms with Crippen molar-refractivity contribution < 1.29 is 13.9 Å². The number of hydrogen-bond acceptors (Lipinski definition) is 4. The number of halogens is 2. The van der Waals surface area contributed by atoms with Crippen molar-refractivity contribution in [3.63, 3.8) is 0 Å². The molecule has 1 amide bonds. The topological polar surface area (TPSA) is 67.9 Å². The van der Waals surface area contributed by atoms with Crippen LogP contribution in [0.3, 0.4) is 0 Å². The predicted octanol–water partition coefficient (Wildman–Crippen LogP) is 2.85. The van der Waals surface area contributed by atoms with Crippen LogP contribution in [0.25, 0.3) is 5.57 Å². The Kier molecular flexibility index (Phi) is 5.98. The first-order chi connectivity index (χ1) is 11.5. The summed E-state index contributed by atoms with van der Waals surface area (Å²) in [5, 5.41) is 3.52. The van der Waals surface area contributed by atoms with E-state index >= 15 is 0 Å². The van der Waals surface area contributed by atoms with Gasteiger partial charge in [0.1, 0.15) is 11.7 Å². The second kappa shape index (κ2) is 7.97. The number of benzene rings is 1. The van der Waals surface area contributed by atoms with Crippen molar-refractivity contribution in [2.24, 2.45) is 10.9 Å². The molecule has 5 nitrogen and oxygen atoms in total. The quantitative estimate of drug-likeness (QED) is 0.226. The third kappa shape index (κ3) is 4.14. The minimum Gasteiger partial charge on any atom is -0.443 e. The first-order valence-corrected chi connectivity index (χ1v) is 7.94. The Morgan fingerprint density at radius 2 is 2.29 bits per heavy atom. The van der Waals surface area contributed by atoms with Crippen LogP contribution in [0.15, 0.2) is 41.7 Å². The molecule has 7 heteroatoms. The third-order valence-electron chi connectivity index (χ3n) is 3.63. The Bertz CT molecular complexity index is 716. The van der Waals surface area contributed by atoms with Crippen molar-refractivity contribution in [2.45, 2.75) is 13.3 Å². The van der Waals surface area contributed by atoms with Crippen molar-refractivity contribution in [3.05, 3.63) is 53.6 Å². The molecule has 0 unspecified atom stereocenters. The van der Waals surface area contributed by atoms with Gasteiger partial charge in [-0.15, -0.1) is 16.7 Å². The maximum absolute atomic E-state index is 14.5. The fraction of sp³-hybridized carbons (Fsp3) is 0.294. The number of hydrazone groups is 1. The molecular formula is C17H19ClFN3O2. The molecule has 1 aromatic carbocycles. The van der Waals surface area contributed by atoms with E-state index in [1.165, 1.54) is 6.07 Å². The Morgan fingerprint density at radius 1 is 1.54 bits per heavy atom. The maximum Gasteiger partial charge on any atom is 0.242 e. The number of amides is 1. The van der Waals surface area contributed by atoms with Crippen LogP contribution < -0.4 is 5.84 Å². The monoisotopic (exact) mass is 351 g/mol. The van der Waals surface area contributed by atoms with E-state index in [1.807, 2.05) is 6.08 Å². The highest BCUT2D eigenvalue weighted by molar-refractivity contribution is 6.27. The van der Waals surface area contributed by atoms with Crippen molar-refractivity contribution in [3.8, 4) is 0 Å². The SMILES string of the molecule is C=C(C)O/C(=N\N)c1ccc(C2=CCN(C(=O)CCl)CC2)c(F)c1. The molecule has 1 aliphatic rings. The van der Waals surface area contributed by atoms with Crippen LogP contribution in [0.4, 0.5) is 4.39 Å². The van der Waals surface area contributed by atoms with Gasteiger partial charge in [0.05, 0.1) is 5.76 Å². The zero-order chi connectivity index (χ0) is 17.7. The molecule has 0 saturated heterocycles. The predicted molar refractivity (Wildman–Crippen MR) is 92.9 cm³/mol. The molecule has 24 heavy (non-hydrogen) atoms. The molecule has 0 atom stereocenters. The van der Waals surface area contributed by atoms with Gasteiger partial charge < -0.3 is 15.5 Å². The molecule has 1 aromatic rings. The van der Waals surface area contributed by atoms with Crippen LogP contribution >= 0.6 is 11.6 Å². The van der Waals surface area contributed by atoms with E-state index in [4.69, 9.17) is 22.2 Å². The Hall–Kier alpha value is -2.34. The van der Waals surface area contributed by atoms with Crippen LogP contribution in [0.5, 0.6) is 0 Å². The lowest BCUT2D eigenvalue weighted by Crippen LogP contribution is -2.35. The molecule has 0 saturated carbocycles. The molecule has 2 N–H and O–H groups in total. The number of rotatable bonds is 4. The number of nitrogens with two attached hydrogens (primary N) is 1. The normalized spacial score (nSPS) is 15.0. The number of alkyl halides is 1. The van der Waals surface area contributed by atoms with E-state index in [2.05, 4.69) is 11.7 Å². The fourth-order valence-electron chi connectivity index (χ4n) is 2.46. The molecule has 128 valence electrons. The number of allylic oxidation sites excluding steroid dienone is 1. The zero-order valence-electron chi connectivity index (χ0n) is 13.4. The van der Waals surface area contributed by atoms with Gasteiger partial charge in [-0.25, -0.2) is 4.39 Å². The molecular weight excluding hydrogens is 333 g/mol. The highest BCUT2D eigenvalue weighted by Crippen LogP contribution is 2.26. The average molecular weight is 352 g/mol. The van der Waals surface area contributed by atoms with Crippen molar-refractivity contribution in [1.82, 2.24) is 4.90 Å². The largest absolute Gasteiger partial charge is 0.443 e. The van der Waals surface area contributed by atoms with Gasteiger partial charge in [0.15, 0.2) is 0 Å². The van der Waals surface area contributed by atoms with Gasteiger partial charge in [0.2, 0.25) is 11.8 Å². The summed E-state index contributed by atoms with van der Waals surface area (Å²) in [6.07, 6.45) is 2.41. The van der Waals surface area contributed by atoms with Gasteiger partial charge in [-0.1, -0.05) is 18.7 Å². The summed E-state index contributed by atoms with van der Waals surface area (Å²) in [5.74, 6) is 5.22. The number of ether oxygens (including phenoxy) is 1. The number of hydrogen-bond donors (Lipinski definition) is 1. The Morgan fingerprint density at radius 3 is 2.79 bits per heavy atom. The second-order valence-corrected chi connectivity index (χ2v) is 5.65. The number of nitrogens with zero attached hydrogens (tertiary/aromatic N) is 2. The molecule has 0 aliphatic carbocycles. The van der Waals surface area contributed by atoms with Crippen LogP contribution in [-0.2, 0) is 9.53 Å². The summed E-state index contributed by atoms with van der Waals surface area (Å²) in [6, 6.07) is 4.66. The van der Waals surface area contributed by atoms with Crippen LogP contribution in [0, 0.1) is 5.82 Å². The molecule has 1 aliphatic heterocycles. The molecule has 0 spiro atoms. The van der Waals surface area contributed by atoms with E-state index in [0.29, 0.717) is 36.4 Å². The third-order valence-corrected chi connectivity index (χ3v) is 3.85. The molecule has 1 heterocycles. The fourth-order valence-corrected chi connectivity index (χ4v) is 2.63. The van der Waals surface area contributed by atoms with Crippen LogP contribution in [0.2, 0.25) is 0 Å². The van der Waals surface area contributed by atoms with Crippen LogP contribution in [-0.4, -0.2) is 35.7 Å². The summed E-state index contributed by atoms with van der Waals surface area (Å²) in [5.41, 5.74) is 1.77. The molecule has 0 radical (unpaired) electrons. The summed E-state index contributed by atoms with van der Waals surface area (Å²) < 4.78 is 19.7. The van der Waals surface area contributed by atoms with E-state index < -0.39 is 5.82 Å². The second-order valence-electron chi connectivity index (χ2n) is 5.39. The molecule has 0 fully saturated rings. The lowest BCUT2D eigenvalue weighted by atomic mass is 9.97. The highest BCUT2D eigenvalue weighted by Gasteiger charge is 2.19. The van der Waals surface area contributed by atoms with E-state index in [0.717, 1.165) is 5.57 Å². The van der Waals surface area contributed by atoms with Gasteiger partial charge in [0.25, 0.3) is 0 Å². The number of carbonyl (C=O) groups is 1. The minimum atomic E-state index is -0.401. The molecule has 0 aromatic heterocycles. The van der Waals surface area contributed by atoms with Gasteiger partial charge >= 0.3 is 0 Å². The van der Waals surface area contributed by atoms with E-state index in [1.54, 1.807) is 24.0 Å².